The molecule has 14 heteroatoms. The van der Waals surface area contributed by atoms with Crippen LogP contribution in [0.2, 0.25) is 0 Å². The van der Waals surface area contributed by atoms with E-state index in [0.29, 0.717) is 51.8 Å². The molecule has 35 heavy (non-hydrogen) atoms. The van der Waals surface area contributed by atoms with E-state index in [2.05, 4.69) is 5.32 Å². The van der Waals surface area contributed by atoms with Gasteiger partial charge >= 0.3 is 18.4 Å². The predicted octanol–water partition coefficient (Wildman–Crippen LogP) is 3.06. The minimum Gasteiger partial charge on any atom is -0.366 e. The Labute approximate surface area is 200 Å². The van der Waals surface area contributed by atoms with Gasteiger partial charge in [0, 0.05) is 49.6 Å². The summed E-state index contributed by atoms with van der Waals surface area (Å²) in [4.78, 5) is 27.5. The molecule has 3 amide bonds. The number of morpholine rings is 1. The van der Waals surface area contributed by atoms with Gasteiger partial charge in [-0.1, -0.05) is 0 Å². The Hall–Kier alpha value is -2.19. The summed E-state index contributed by atoms with van der Waals surface area (Å²) in [6.07, 6.45) is -9.27. The van der Waals surface area contributed by atoms with Crippen molar-refractivity contribution in [1.29, 1.82) is 0 Å². The lowest BCUT2D eigenvalue weighted by Gasteiger charge is -2.60. The molecule has 0 aliphatic carbocycles. The van der Waals surface area contributed by atoms with Crippen molar-refractivity contribution in [3.05, 3.63) is 29.3 Å². The Kier molecular flexibility index (Phi) is 5.91. The maximum absolute atomic E-state index is 13.4. The lowest BCUT2D eigenvalue weighted by Crippen LogP contribution is -2.73. The van der Waals surface area contributed by atoms with Gasteiger partial charge in [0.05, 0.1) is 23.3 Å². The average Bonchev–Trinajstić information content (AvgIpc) is 2.72. The number of nitrogens with one attached hydrogen (secondary N) is 1. The molecule has 4 saturated heterocycles. The summed E-state index contributed by atoms with van der Waals surface area (Å²) < 4.78 is 85.9. The summed E-state index contributed by atoms with van der Waals surface area (Å²) in [5.41, 5.74) is -2.88. The third-order valence-electron chi connectivity index (χ3n) is 6.78. The number of halogens is 6. The number of rotatable bonds is 2. The molecule has 1 spiro atoms. The van der Waals surface area contributed by atoms with Crippen LogP contribution in [0.3, 0.4) is 0 Å². The van der Waals surface area contributed by atoms with Gasteiger partial charge in [-0.15, -0.1) is 0 Å². The second kappa shape index (κ2) is 8.44. The highest BCUT2D eigenvalue weighted by Gasteiger charge is 2.55. The number of urea groups is 1. The summed E-state index contributed by atoms with van der Waals surface area (Å²) in [5, 5.41) is 2.84. The van der Waals surface area contributed by atoms with E-state index in [4.69, 9.17) is 4.74 Å². The molecule has 7 nitrogen and oxygen atoms in total. The molecule has 1 aromatic rings. The van der Waals surface area contributed by atoms with E-state index in [1.807, 2.05) is 0 Å². The molecule has 0 aromatic heterocycles. The van der Waals surface area contributed by atoms with Crippen LogP contribution in [-0.4, -0.2) is 84.1 Å². The fourth-order valence-corrected chi connectivity index (χ4v) is 6.44. The van der Waals surface area contributed by atoms with Crippen molar-refractivity contribution in [2.75, 3.05) is 45.9 Å². The number of likely N-dealkylation sites (tertiary alicyclic amines) is 2. The molecule has 0 radical (unpaired) electrons. The standard InChI is InChI=1S/C21H22F6N4O3S/c22-20(23,24)12-1-2-16(13(5-12)21(25,26)27)35-31-10-19(11-31)8-30(9-19)18(33)29-4-3-15-14(6-29)28-17(32)7-34-15/h1-2,5,14-15H,3-4,6-11H2,(H,28,32)/t14-,15+/m1/s1. The fraction of sp³-hybridized carbons (Fsp3) is 0.619. The number of benzene rings is 1. The fourth-order valence-electron chi connectivity index (χ4n) is 5.09. The van der Waals surface area contributed by atoms with Gasteiger partial charge in [-0.3, -0.25) is 4.79 Å². The number of ether oxygens (including phenoxy) is 1. The SMILES string of the molecule is O=C1CO[C@H]2CCN(C(=O)N3CC4(CN(Sc5ccc(C(F)(F)F)cc5C(F)(F)F)C4)C3)C[C@H]2N1. The van der Waals surface area contributed by atoms with Gasteiger partial charge in [0.15, 0.2) is 0 Å². The number of piperidine rings is 1. The van der Waals surface area contributed by atoms with Crippen LogP contribution in [0.5, 0.6) is 0 Å². The second-order valence-corrected chi connectivity index (χ2v) is 10.6. The number of hydrogen-bond donors (Lipinski definition) is 1. The Morgan fingerprint density at radius 2 is 1.77 bits per heavy atom. The first kappa shape index (κ1) is 24.5. The molecule has 4 aliphatic heterocycles. The van der Waals surface area contributed by atoms with E-state index in [1.165, 1.54) is 0 Å². The Balaban J connectivity index is 1.15. The zero-order valence-corrected chi connectivity index (χ0v) is 19.1. The molecule has 5 rings (SSSR count). The van der Waals surface area contributed by atoms with E-state index in [-0.39, 0.29) is 47.1 Å². The predicted molar refractivity (Wildman–Crippen MR) is 111 cm³/mol. The van der Waals surface area contributed by atoms with Crippen LogP contribution in [0.25, 0.3) is 0 Å². The molecule has 1 aromatic carbocycles. The van der Waals surface area contributed by atoms with Crippen molar-refractivity contribution in [1.82, 2.24) is 19.4 Å². The molecule has 1 N–H and O–H groups in total. The summed E-state index contributed by atoms with van der Waals surface area (Å²) in [6, 6.07) is 1.26. The number of hydrogen-bond acceptors (Lipinski definition) is 5. The van der Waals surface area contributed by atoms with Crippen molar-refractivity contribution in [3.63, 3.8) is 0 Å². The van der Waals surface area contributed by atoms with Gasteiger partial charge in [0.1, 0.15) is 6.61 Å². The topological polar surface area (TPSA) is 65.1 Å². The van der Waals surface area contributed by atoms with Crippen LogP contribution in [0.1, 0.15) is 17.5 Å². The van der Waals surface area contributed by atoms with Crippen molar-refractivity contribution < 1.29 is 40.7 Å². The highest BCUT2D eigenvalue weighted by molar-refractivity contribution is 7.97. The average molecular weight is 524 g/mol. The smallest absolute Gasteiger partial charge is 0.366 e. The Morgan fingerprint density at radius 1 is 1.06 bits per heavy atom. The highest BCUT2D eigenvalue weighted by atomic mass is 32.2. The van der Waals surface area contributed by atoms with Gasteiger partial charge in [-0.05, 0) is 36.6 Å². The molecule has 0 saturated carbocycles. The highest BCUT2D eigenvalue weighted by Crippen LogP contribution is 2.47. The summed E-state index contributed by atoms with van der Waals surface area (Å²) in [5.74, 6) is -0.211. The molecular weight excluding hydrogens is 502 g/mol. The maximum Gasteiger partial charge on any atom is 0.417 e. The lowest BCUT2D eigenvalue weighted by molar-refractivity contribution is -0.144. The zero-order chi connectivity index (χ0) is 25.2. The minimum absolute atomic E-state index is 0.0230. The van der Waals surface area contributed by atoms with E-state index < -0.39 is 23.5 Å². The normalized spacial score (nSPS) is 26.6. The molecule has 4 fully saturated rings. The first-order valence-corrected chi connectivity index (χ1v) is 11.8. The summed E-state index contributed by atoms with van der Waals surface area (Å²) >= 11 is 0.783. The van der Waals surface area contributed by atoms with Gasteiger partial charge < -0.3 is 19.9 Å². The quantitative estimate of drug-likeness (QED) is 0.476. The van der Waals surface area contributed by atoms with Crippen molar-refractivity contribution in [3.8, 4) is 0 Å². The molecule has 2 atom stereocenters. The van der Waals surface area contributed by atoms with E-state index in [9.17, 15) is 35.9 Å². The van der Waals surface area contributed by atoms with Crippen LogP contribution in [0, 0.1) is 5.41 Å². The first-order chi connectivity index (χ1) is 16.3. The third kappa shape index (κ3) is 4.79. The third-order valence-corrected chi connectivity index (χ3v) is 7.85. The first-order valence-electron chi connectivity index (χ1n) is 11.0. The molecule has 0 bridgehead atoms. The van der Waals surface area contributed by atoms with E-state index >= 15 is 0 Å². The number of nitrogens with zero attached hydrogens (tertiary/aromatic N) is 3. The molecule has 192 valence electrons. The minimum atomic E-state index is -4.91. The van der Waals surface area contributed by atoms with Gasteiger partial charge in [0.2, 0.25) is 5.91 Å². The number of carbonyl (C=O) groups is 2. The largest absolute Gasteiger partial charge is 0.417 e. The number of amides is 3. The maximum atomic E-state index is 13.4. The second-order valence-electron chi connectivity index (χ2n) is 9.49. The van der Waals surface area contributed by atoms with Crippen molar-refractivity contribution >= 4 is 23.9 Å². The van der Waals surface area contributed by atoms with Crippen molar-refractivity contribution in [2.24, 2.45) is 5.41 Å². The molecular formula is C21H22F6N4O3S. The van der Waals surface area contributed by atoms with Crippen molar-refractivity contribution in [2.45, 2.75) is 35.8 Å². The van der Waals surface area contributed by atoms with Crippen LogP contribution in [-0.2, 0) is 21.9 Å². The number of carbonyl (C=O) groups excluding carboxylic acids is 2. The van der Waals surface area contributed by atoms with Crippen LogP contribution in [0.4, 0.5) is 31.1 Å². The Bertz CT molecular complexity index is 1020. The molecule has 4 heterocycles. The van der Waals surface area contributed by atoms with Crippen LogP contribution < -0.4 is 5.32 Å². The number of fused-ring (bicyclic) bond motifs is 1. The van der Waals surface area contributed by atoms with Crippen LogP contribution >= 0.6 is 11.9 Å². The van der Waals surface area contributed by atoms with Gasteiger partial charge in [0.25, 0.3) is 0 Å². The summed E-state index contributed by atoms with van der Waals surface area (Å²) in [6.45, 7) is 2.65. The summed E-state index contributed by atoms with van der Waals surface area (Å²) in [7, 11) is 0. The molecule has 4 aliphatic rings. The lowest BCUT2D eigenvalue weighted by atomic mass is 9.74. The van der Waals surface area contributed by atoms with E-state index in [0.717, 1.165) is 18.0 Å². The van der Waals surface area contributed by atoms with Crippen LogP contribution in [0.15, 0.2) is 23.1 Å². The number of alkyl halides is 6. The zero-order valence-electron chi connectivity index (χ0n) is 18.3. The van der Waals surface area contributed by atoms with Gasteiger partial charge in [-0.2, -0.15) is 26.3 Å². The molecule has 0 unspecified atom stereocenters. The Morgan fingerprint density at radius 3 is 2.43 bits per heavy atom. The monoisotopic (exact) mass is 524 g/mol. The van der Waals surface area contributed by atoms with E-state index in [1.54, 1.807) is 14.1 Å². The van der Waals surface area contributed by atoms with Gasteiger partial charge in [-0.25, -0.2) is 9.10 Å².